The zero-order valence-electron chi connectivity index (χ0n) is 18.5. The molecule has 1 unspecified atom stereocenters. The number of ether oxygens (including phenoxy) is 1. The van der Waals surface area contributed by atoms with Gasteiger partial charge in [-0.25, -0.2) is 4.79 Å². The van der Waals surface area contributed by atoms with Crippen molar-refractivity contribution in [1.82, 2.24) is 15.1 Å². The third-order valence-electron chi connectivity index (χ3n) is 5.31. The smallest absolute Gasteiger partial charge is 0.410 e. The van der Waals surface area contributed by atoms with Crippen LogP contribution in [-0.4, -0.2) is 78.6 Å². The average molecular weight is 417 g/mol. The monoisotopic (exact) mass is 416 g/mol. The zero-order chi connectivity index (χ0) is 22.1. The summed E-state index contributed by atoms with van der Waals surface area (Å²) in [5, 5.41) is 3.02. The molecular formula is C22H32N4O4. The van der Waals surface area contributed by atoms with E-state index < -0.39 is 5.60 Å². The second-order valence-electron chi connectivity index (χ2n) is 9.20. The Kier molecular flexibility index (Phi) is 6.36. The second kappa shape index (κ2) is 8.63. The fourth-order valence-electron chi connectivity index (χ4n) is 3.95. The van der Waals surface area contributed by atoms with Crippen LogP contribution in [0.3, 0.4) is 0 Å². The van der Waals surface area contributed by atoms with E-state index in [2.05, 4.69) is 10.2 Å². The number of benzene rings is 1. The molecule has 0 aromatic heterocycles. The van der Waals surface area contributed by atoms with E-state index in [0.717, 1.165) is 13.1 Å². The van der Waals surface area contributed by atoms with Crippen molar-refractivity contribution in [3.63, 3.8) is 0 Å². The number of hydrogen-bond acceptors (Lipinski definition) is 5. The summed E-state index contributed by atoms with van der Waals surface area (Å²) in [6.45, 7) is 9.61. The van der Waals surface area contributed by atoms with Crippen molar-refractivity contribution in [2.45, 2.75) is 51.8 Å². The van der Waals surface area contributed by atoms with Crippen LogP contribution in [0.2, 0.25) is 0 Å². The van der Waals surface area contributed by atoms with Gasteiger partial charge in [-0.05, 0) is 52.4 Å². The Labute approximate surface area is 178 Å². The van der Waals surface area contributed by atoms with Gasteiger partial charge in [0.05, 0.1) is 12.1 Å². The van der Waals surface area contributed by atoms with E-state index in [-0.39, 0.29) is 30.0 Å². The first kappa shape index (κ1) is 22.1. The molecule has 1 aromatic rings. The second-order valence-corrected chi connectivity index (χ2v) is 9.20. The van der Waals surface area contributed by atoms with Crippen LogP contribution in [0, 0.1) is 0 Å². The molecule has 0 bridgehead atoms. The Balaban J connectivity index is 1.70. The lowest BCUT2D eigenvalue weighted by Crippen LogP contribution is -2.57. The lowest BCUT2D eigenvalue weighted by molar-refractivity contribution is -0.117. The molecule has 0 aliphatic carbocycles. The summed E-state index contributed by atoms with van der Waals surface area (Å²) in [6, 6.07) is 7.11. The van der Waals surface area contributed by atoms with Gasteiger partial charge in [0.15, 0.2) is 0 Å². The first-order valence-corrected chi connectivity index (χ1v) is 10.4. The van der Waals surface area contributed by atoms with Gasteiger partial charge >= 0.3 is 6.09 Å². The van der Waals surface area contributed by atoms with Crippen molar-refractivity contribution in [2.24, 2.45) is 0 Å². The third-order valence-corrected chi connectivity index (χ3v) is 5.31. The molecule has 0 radical (unpaired) electrons. The molecule has 0 spiro atoms. The fraction of sp³-hybridized carbons (Fsp3) is 0.591. The van der Waals surface area contributed by atoms with Crippen molar-refractivity contribution >= 4 is 23.6 Å². The highest BCUT2D eigenvalue weighted by atomic mass is 16.6. The molecule has 8 nitrogen and oxygen atoms in total. The predicted molar refractivity (Wildman–Crippen MR) is 115 cm³/mol. The molecule has 2 aliphatic heterocycles. The molecule has 3 rings (SSSR count). The van der Waals surface area contributed by atoms with Crippen LogP contribution < -0.4 is 10.2 Å². The van der Waals surface area contributed by atoms with Crippen LogP contribution in [0.15, 0.2) is 24.3 Å². The van der Waals surface area contributed by atoms with Crippen molar-refractivity contribution in [2.75, 3.05) is 38.1 Å². The molecular weight excluding hydrogens is 384 g/mol. The molecule has 1 atom stereocenters. The van der Waals surface area contributed by atoms with Crippen LogP contribution in [0.4, 0.5) is 10.5 Å². The largest absolute Gasteiger partial charge is 0.444 e. The Morgan fingerprint density at radius 3 is 2.47 bits per heavy atom. The van der Waals surface area contributed by atoms with Crippen LogP contribution in [0.25, 0.3) is 0 Å². The maximum Gasteiger partial charge on any atom is 0.410 e. The summed E-state index contributed by atoms with van der Waals surface area (Å²) < 4.78 is 5.45. The highest BCUT2D eigenvalue weighted by Crippen LogP contribution is 2.26. The number of carbonyl (C=O) groups is 3. The van der Waals surface area contributed by atoms with Gasteiger partial charge < -0.3 is 24.8 Å². The summed E-state index contributed by atoms with van der Waals surface area (Å²) in [7, 11) is 2.01. The van der Waals surface area contributed by atoms with Crippen LogP contribution in [-0.2, 0) is 9.53 Å². The fourth-order valence-corrected chi connectivity index (χ4v) is 3.95. The number of likely N-dealkylation sites (tertiary alicyclic amines) is 2. The molecule has 2 heterocycles. The van der Waals surface area contributed by atoms with Crippen molar-refractivity contribution in [3.05, 3.63) is 29.8 Å². The van der Waals surface area contributed by atoms with Crippen molar-refractivity contribution in [3.8, 4) is 0 Å². The van der Waals surface area contributed by atoms with E-state index in [1.54, 1.807) is 28.0 Å². The van der Waals surface area contributed by atoms with Gasteiger partial charge in [-0.1, -0.05) is 6.07 Å². The highest BCUT2D eigenvalue weighted by Gasteiger charge is 2.35. The third kappa shape index (κ3) is 5.30. The Morgan fingerprint density at radius 2 is 1.87 bits per heavy atom. The Hall–Kier alpha value is -2.61. The molecule has 1 N–H and O–H groups in total. The number of amides is 3. The first-order chi connectivity index (χ1) is 14.0. The van der Waals surface area contributed by atoms with Gasteiger partial charge in [-0.2, -0.15) is 0 Å². The van der Waals surface area contributed by atoms with Crippen LogP contribution >= 0.6 is 0 Å². The van der Waals surface area contributed by atoms with Gasteiger partial charge in [-0.3, -0.25) is 9.59 Å². The van der Waals surface area contributed by atoms with Crippen molar-refractivity contribution < 1.29 is 19.1 Å². The quantitative estimate of drug-likeness (QED) is 0.813. The number of rotatable bonds is 4. The standard InChI is InChI=1S/C22H32N4O4/c1-15(27)26(19-9-10-25(14-19)21(29)30-22(2,3)4)18-8-6-7-16(11-18)20(28)23-17-12-24(5)13-17/h6-8,11,17,19H,9-10,12-14H2,1-5H3,(H,23,28). The molecule has 3 amide bonds. The van der Waals surface area contributed by atoms with Gasteiger partial charge in [0.25, 0.3) is 5.91 Å². The maximum absolute atomic E-state index is 12.6. The molecule has 2 fully saturated rings. The molecule has 1 aromatic carbocycles. The Bertz CT molecular complexity index is 814. The summed E-state index contributed by atoms with van der Waals surface area (Å²) in [5.74, 6) is -0.260. The molecule has 30 heavy (non-hydrogen) atoms. The summed E-state index contributed by atoms with van der Waals surface area (Å²) in [5.41, 5.74) is 0.624. The zero-order valence-corrected chi connectivity index (χ0v) is 18.5. The van der Waals surface area contributed by atoms with E-state index in [9.17, 15) is 14.4 Å². The van der Waals surface area contributed by atoms with E-state index in [0.29, 0.717) is 30.8 Å². The van der Waals surface area contributed by atoms with Crippen LogP contribution in [0.5, 0.6) is 0 Å². The van der Waals surface area contributed by atoms with Gasteiger partial charge in [0.1, 0.15) is 5.60 Å². The molecule has 164 valence electrons. The maximum atomic E-state index is 12.6. The lowest BCUT2D eigenvalue weighted by Gasteiger charge is -2.36. The van der Waals surface area contributed by atoms with Crippen LogP contribution in [0.1, 0.15) is 44.5 Å². The van der Waals surface area contributed by atoms with E-state index in [1.165, 1.54) is 6.92 Å². The SMILES string of the molecule is CC(=O)N(c1cccc(C(=O)NC2CN(C)C2)c1)C1CCN(C(=O)OC(C)(C)C)C1. The first-order valence-electron chi connectivity index (χ1n) is 10.4. The molecule has 2 saturated heterocycles. The summed E-state index contributed by atoms with van der Waals surface area (Å²) >= 11 is 0. The summed E-state index contributed by atoms with van der Waals surface area (Å²) in [4.78, 5) is 42.9. The topological polar surface area (TPSA) is 82.2 Å². The molecule has 8 heteroatoms. The number of likely N-dealkylation sites (N-methyl/N-ethyl adjacent to an activating group) is 1. The molecule has 2 aliphatic rings. The van der Waals surface area contributed by atoms with E-state index >= 15 is 0 Å². The normalized spacial score (nSPS) is 19.9. The number of hydrogen-bond donors (Lipinski definition) is 1. The van der Waals surface area contributed by atoms with Gasteiger partial charge in [-0.15, -0.1) is 0 Å². The average Bonchev–Trinajstić information content (AvgIpc) is 3.09. The lowest BCUT2D eigenvalue weighted by atomic mass is 10.1. The molecule has 0 saturated carbocycles. The minimum Gasteiger partial charge on any atom is -0.444 e. The predicted octanol–water partition coefficient (Wildman–Crippen LogP) is 2.09. The minimum atomic E-state index is -0.563. The number of carbonyl (C=O) groups excluding carboxylic acids is 3. The number of anilines is 1. The number of nitrogens with one attached hydrogen (secondary N) is 1. The summed E-state index contributed by atoms with van der Waals surface area (Å²) in [6.07, 6.45) is 0.288. The van der Waals surface area contributed by atoms with Crippen molar-refractivity contribution in [1.29, 1.82) is 0 Å². The Morgan fingerprint density at radius 1 is 1.17 bits per heavy atom. The minimum absolute atomic E-state index is 0.121. The van der Waals surface area contributed by atoms with Gasteiger partial charge in [0, 0.05) is 44.4 Å². The van der Waals surface area contributed by atoms with E-state index in [1.807, 2.05) is 33.9 Å². The van der Waals surface area contributed by atoms with E-state index in [4.69, 9.17) is 4.74 Å². The number of nitrogens with zero attached hydrogens (tertiary/aromatic N) is 3. The highest BCUT2D eigenvalue weighted by molar-refractivity contribution is 5.98. The van der Waals surface area contributed by atoms with Gasteiger partial charge in [0.2, 0.25) is 5.91 Å².